The van der Waals surface area contributed by atoms with Crippen molar-refractivity contribution in [2.75, 3.05) is 32.4 Å². The van der Waals surface area contributed by atoms with Crippen LogP contribution in [0.25, 0.3) is 10.9 Å². The van der Waals surface area contributed by atoms with Gasteiger partial charge >= 0.3 is 0 Å². The number of nitrogens with one attached hydrogen (secondary N) is 4. The van der Waals surface area contributed by atoms with Crippen LogP contribution in [-0.2, 0) is 16.4 Å². The number of aromatic amines is 1. The van der Waals surface area contributed by atoms with E-state index in [1.165, 1.54) is 10.9 Å². The molecule has 0 aliphatic rings. The van der Waals surface area contributed by atoms with Gasteiger partial charge in [-0.1, -0.05) is 18.2 Å². The van der Waals surface area contributed by atoms with Gasteiger partial charge in [-0.25, -0.2) is 13.1 Å². The number of sulfonamides is 1. The van der Waals surface area contributed by atoms with Crippen LogP contribution in [0.2, 0.25) is 0 Å². The summed E-state index contributed by atoms with van der Waals surface area (Å²) in [7, 11) is -3.17. The first kappa shape index (κ1) is 21.7. The van der Waals surface area contributed by atoms with Crippen molar-refractivity contribution < 1.29 is 8.42 Å². The van der Waals surface area contributed by atoms with E-state index in [-0.39, 0.29) is 30.5 Å². The Balaban J connectivity index is 0.00000312. The molecule has 0 amide bonds. The van der Waals surface area contributed by atoms with Crippen molar-refractivity contribution >= 4 is 50.9 Å². The van der Waals surface area contributed by atoms with Crippen molar-refractivity contribution in [2.45, 2.75) is 13.3 Å². The number of H-pyrrole nitrogens is 1. The highest BCUT2D eigenvalue weighted by Crippen LogP contribution is 2.17. The first-order valence-electron chi connectivity index (χ1n) is 8.01. The SMILES string of the molecule is CCNC(=NCCNS(C)(=O)=O)NCCc1c[nH]c2ccccc12.I. The molecule has 0 aliphatic carbocycles. The van der Waals surface area contributed by atoms with Crippen molar-refractivity contribution in [3.63, 3.8) is 0 Å². The molecule has 0 atom stereocenters. The molecule has 0 fully saturated rings. The highest BCUT2D eigenvalue weighted by atomic mass is 127. The lowest BCUT2D eigenvalue weighted by atomic mass is 10.1. The first-order valence-corrected chi connectivity index (χ1v) is 9.90. The smallest absolute Gasteiger partial charge is 0.208 e. The fourth-order valence-corrected chi connectivity index (χ4v) is 2.86. The van der Waals surface area contributed by atoms with E-state index < -0.39 is 10.0 Å². The van der Waals surface area contributed by atoms with Crippen LogP contribution >= 0.6 is 24.0 Å². The van der Waals surface area contributed by atoms with Gasteiger partial charge in [0.2, 0.25) is 10.0 Å². The van der Waals surface area contributed by atoms with E-state index in [9.17, 15) is 8.42 Å². The lowest BCUT2D eigenvalue weighted by molar-refractivity contribution is 0.588. The summed E-state index contributed by atoms with van der Waals surface area (Å²) in [6, 6.07) is 8.22. The molecular weight excluding hydrogens is 453 g/mol. The van der Waals surface area contributed by atoms with Gasteiger partial charge in [-0.05, 0) is 25.0 Å². The fourth-order valence-electron chi connectivity index (χ4n) is 2.39. The predicted octanol–water partition coefficient (Wildman–Crippen LogP) is 1.43. The third kappa shape index (κ3) is 7.61. The van der Waals surface area contributed by atoms with Gasteiger partial charge < -0.3 is 15.6 Å². The van der Waals surface area contributed by atoms with Crippen LogP contribution < -0.4 is 15.4 Å². The Labute approximate surface area is 166 Å². The molecule has 140 valence electrons. The zero-order valence-electron chi connectivity index (χ0n) is 14.5. The van der Waals surface area contributed by atoms with Crippen molar-refractivity contribution in [1.29, 1.82) is 0 Å². The Hall–Kier alpha value is -1.33. The van der Waals surface area contributed by atoms with E-state index in [2.05, 4.69) is 37.5 Å². The highest BCUT2D eigenvalue weighted by Gasteiger charge is 2.04. The molecule has 0 aliphatic heterocycles. The molecule has 1 aromatic carbocycles. The van der Waals surface area contributed by atoms with Crippen LogP contribution in [0.5, 0.6) is 0 Å². The Morgan fingerprint density at radius 1 is 1.20 bits per heavy atom. The molecule has 0 bridgehead atoms. The minimum Gasteiger partial charge on any atom is -0.361 e. The second-order valence-corrected chi connectivity index (χ2v) is 7.30. The van der Waals surface area contributed by atoms with Crippen molar-refractivity contribution in [2.24, 2.45) is 4.99 Å². The quantitative estimate of drug-likeness (QED) is 0.199. The normalized spacial score (nSPS) is 12.0. The summed E-state index contributed by atoms with van der Waals surface area (Å²) in [5, 5.41) is 7.66. The second kappa shape index (κ2) is 10.6. The summed E-state index contributed by atoms with van der Waals surface area (Å²) in [5.74, 6) is 0.688. The van der Waals surface area contributed by atoms with Crippen LogP contribution in [0.3, 0.4) is 0 Å². The van der Waals surface area contributed by atoms with Gasteiger partial charge in [0, 0.05) is 36.7 Å². The molecule has 0 radical (unpaired) electrons. The maximum absolute atomic E-state index is 11.0. The summed E-state index contributed by atoms with van der Waals surface area (Å²) >= 11 is 0. The topological polar surface area (TPSA) is 98.4 Å². The van der Waals surface area contributed by atoms with E-state index in [1.807, 2.05) is 25.3 Å². The lowest BCUT2D eigenvalue weighted by Gasteiger charge is -2.11. The number of para-hydroxylation sites is 1. The van der Waals surface area contributed by atoms with Crippen molar-refractivity contribution in [3.8, 4) is 0 Å². The number of hydrogen-bond acceptors (Lipinski definition) is 3. The number of benzene rings is 1. The Morgan fingerprint density at radius 2 is 1.96 bits per heavy atom. The van der Waals surface area contributed by atoms with Crippen molar-refractivity contribution in [1.82, 2.24) is 20.3 Å². The summed E-state index contributed by atoms with van der Waals surface area (Å²) in [5.41, 5.74) is 2.40. The summed E-state index contributed by atoms with van der Waals surface area (Å²) in [4.78, 5) is 7.63. The number of hydrogen-bond donors (Lipinski definition) is 4. The zero-order valence-corrected chi connectivity index (χ0v) is 17.6. The highest BCUT2D eigenvalue weighted by molar-refractivity contribution is 14.0. The maximum atomic E-state index is 11.0. The van der Waals surface area contributed by atoms with Crippen LogP contribution in [0.15, 0.2) is 35.5 Å². The third-order valence-electron chi connectivity index (χ3n) is 3.45. The largest absolute Gasteiger partial charge is 0.361 e. The molecule has 1 heterocycles. The number of fused-ring (bicyclic) bond motifs is 1. The number of nitrogens with zero attached hydrogens (tertiary/aromatic N) is 1. The molecule has 25 heavy (non-hydrogen) atoms. The number of aliphatic imine (C=N–C) groups is 1. The fraction of sp³-hybridized carbons (Fsp3) is 0.438. The second-order valence-electron chi connectivity index (χ2n) is 5.46. The minimum atomic E-state index is -3.17. The van der Waals surface area contributed by atoms with Gasteiger partial charge in [0.05, 0.1) is 12.8 Å². The van der Waals surface area contributed by atoms with E-state index >= 15 is 0 Å². The average Bonchev–Trinajstić information content (AvgIpc) is 2.94. The van der Waals surface area contributed by atoms with Gasteiger partial charge in [0.25, 0.3) is 0 Å². The van der Waals surface area contributed by atoms with Gasteiger partial charge in [0.1, 0.15) is 0 Å². The maximum Gasteiger partial charge on any atom is 0.208 e. The summed E-state index contributed by atoms with van der Waals surface area (Å²) < 4.78 is 24.5. The lowest BCUT2D eigenvalue weighted by Crippen LogP contribution is -2.39. The molecule has 2 rings (SSSR count). The zero-order chi connectivity index (χ0) is 17.4. The average molecular weight is 479 g/mol. The number of guanidine groups is 1. The number of halogens is 1. The van der Waals surface area contributed by atoms with Crippen LogP contribution in [0, 0.1) is 0 Å². The molecule has 2 aromatic rings. The Kier molecular flexibility index (Phi) is 9.22. The van der Waals surface area contributed by atoms with E-state index in [0.29, 0.717) is 12.5 Å². The van der Waals surface area contributed by atoms with Crippen LogP contribution in [0.4, 0.5) is 0 Å². The molecular formula is C16H26IN5O2S. The molecule has 9 heteroatoms. The van der Waals surface area contributed by atoms with Crippen LogP contribution in [0.1, 0.15) is 12.5 Å². The van der Waals surface area contributed by atoms with Crippen molar-refractivity contribution in [3.05, 3.63) is 36.0 Å². The predicted molar refractivity (Wildman–Crippen MR) is 114 cm³/mol. The number of rotatable bonds is 8. The summed E-state index contributed by atoms with van der Waals surface area (Å²) in [6.45, 7) is 4.16. The molecule has 7 nitrogen and oxygen atoms in total. The van der Waals surface area contributed by atoms with Gasteiger partial charge in [-0.3, -0.25) is 4.99 Å². The van der Waals surface area contributed by atoms with Gasteiger partial charge in [-0.2, -0.15) is 0 Å². The Morgan fingerprint density at radius 3 is 2.68 bits per heavy atom. The van der Waals surface area contributed by atoms with E-state index in [1.54, 1.807) is 0 Å². The molecule has 4 N–H and O–H groups in total. The molecule has 1 aromatic heterocycles. The van der Waals surface area contributed by atoms with Gasteiger partial charge in [0.15, 0.2) is 5.96 Å². The third-order valence-corrected chi connectivity index (χ3v) is 4.18. The Bertz CT molecular complexity index is 789. The monoisotopic (exact) mass is 479 g/mol. The minimum absolute atomic E-state index is 0. The number of aromatic nitrogens is 1. The summed E-state index contributed by atoms with van der Waals surface area (Å²) in [6.07, 6.45) is 4.05. The van der Waals surface area contributed by atoms with E-state index in [4.69, 9.17) is 0 Å². The standard InChI is InChI=1S/C16H25N5O2S.HI/c1-3-17-16(19-10-11-21-24(2,22)23)18-9-8-13-12-20-15-7-5-4-6-14(13)15;/h4-7,12,20-21H,3,8-11H2,1-2H3,(H2,17,18,19);1H. The molecule has 0 saturated heterocycles. The molecule has 0 saturated carbocycles. The molecule has 0 spiro atoms. The molecule has 0 unspecified atom stereocenters. The van der Waals surface area contributed by atoms with E-state index in [0.717, 1.165) is 31.3 Å². The van der Waals surface area contributed by atoms with Gasteiger partial charge in [-0.15, -0.1) is 24.0 Å². The van der Waals surface area contributed by atoms with Crippen LogP contribution in [-0.4, -0.2) is 51.8 Å². The first-order chi connectivity index (χ1) is 11.5.